The van der Waals surface area contributed by atoms with Crippen molar-refractivity contribution >= 4 is 24.1 Å². The van der Waals surface area contributed by atoms with E-state index in [0.29, 0.717) is 6.42 Å². The van der Waals surface area contributed by atoms with E-state index in [0.717, 1.165) is 11.3 Å². The Bertz CT molecular complexity index is 340. The Morgan fingerprint density at radius 1 is 1.50 bits per heavy atom. The molecule has 14 heavy (non-hydrogen) atoms. The fraction of sp³-hybridized carbons (Fsp3) is 0.300. The number of benzene rings is 1. The Labute approximate surface area is 88.5 Å². The Morgan fingerprint density at radius 3 is 2.71 bits per heavy atom. The minimum absolute atomic E-state index is 0. The van der Waals surface area contributed by atoms with Gasteiger partial charge in [-0.25, -0.2) is 4.79 Å². The highest BCUT2D eigenvalue weighted by molar-refractivity contribution is 5.86. The van der Waals surface area contributed by atoms with E-state index in [4.69, 9.17) is 5.11 Å². The van der Waals surface area contributed by atoms with Crippen molar-refractivity contribution in [3.63, 3.8) is 0 Å². The highest BCUT2D eigenvalue weighted by Crippen LogP contribution is 2.31. The summed E-state index contributed by atoms with van der Waals surface area (Å²) in [6.07, 6.45) is 0.554. The molecule has 1 aliphatic rings. The van der Waals surface area contributed by atoms with Crippen molar-refractivity contribution in [1.82, 2.24) is 0 Å². The van der Waals surface area contributed by atoms with Crippen molar-refractivity contribution in [2.75, 3.05) is 5.32 Å². The summed E-state index contributed by atoms with van der Waals surface area (Å²) in [4.78, 5) is 10.9. The maximum Gasteiger partial charge on any atom is 0.329 e. The number of para-hydroxylation sites is 1. The first-order valence-electron chi connectivity index (χ1n) is 4.21. The lowest BCUT2D eigenvalue weighted by molar-refractivity contribution is -0.141. The topological polar surface area (TPSA) is 49.3 Å². The number of carboxylic acid groups (broad SMARTS) is 1. The number of carboxylic acids is 1. The fourth-order valence-electron chi connectivity index (χ4n) is 1.65. The number of halogens is 1. The van der Waals surface area contributed by atoms with E-state index < -0.39 is 11.5 Å². The second-order valence-corrected chi connectivity index (χ2v) is 3.60. The lowest BCUT2D eigenvalue weighted by Crippen LogP contribution is -2.41. The van der Waals surface area contributed by atoms with Gasteiger partial charge in [0, 0.05) is 12.1 Å². The fourth-order valence-corrected chi connectivity index (χ4v) is 1.65. The molecular formula is C10H12ClNO2. The molecule has 0 spiro atoms. The molecule has 0 fully saturated rings. The zero-order chi connectivity index (χ0) is 9.47. The highest BCUT2D eigenvalue weighted by Gasteiger charge is 2.38. The number of anilines is 1. The Kier molecular flexibility index (Phi) is 2.71. The van der Waals surface area contributed by atoms with Crippen molar-refractivity contribution < 1.29 is 9.90 Å². The molecule has 1 aromatic carbocycles. The monoisotopic (exact) mass is 213 g/mol. The second-order valence-electron chi connectivity index (χ2n) is 3.60. The minimum atomic E-state index is -0.830. The van der Waals surface area contributed by atoms with E-state index in [9.17, 15) is 4.79 Å². The van der Waals surface area contributed by atoms with Crippen LogP contribution < -0.4 is 5.32 Å². The zero-order valence-corrected chi connectivity index (χ0v) is 8.60. The quantitative estimate of drug-likeness (QED) is 0.750. The van der Waals surface area contributed by atoms with E-state index >= 15 is 0 Å². The van der Waals surface area contributed by atoms with Gasteiger partial charge in [0.05, 0.1) is 0 Å². The van der Waals surface area contributed by atoms with Crippen LogP contribution in [0, 0.1) is 0 Å². The number of nitrogens with one attached hydrogen (secondary N) is 1. The Hall–Kier alpha value is -1.22. The average molecular weight is 214 g/mol. The van der Waals surface area contributed by atoms with E-state index in [-0.39, 0.29) is 12.4 Å². The van der Waals surface area contributed by atoms with Gasteiger partial charge in [0.15, 0.2) is 0 Å². The molecule has 1 unspecified atom stereocenters. The van der Waals surface area contributed by atoms with Crippen LogP contribution in [0.25, 0.3) is 0 Å². The van der Waals surface area contributed by atoms with Crippen molar-refractivity contribution in [2.24, 2.45) is 0 Å². The maximum absolute atomic E-state index is 10.9. The molecule has 0 aliphatic carbocycles. The summed E-state index contributed by atoms with van der Waals surface area (Å²) in [6, 6.07) is 7.69. The maximum atomic E-state index is 10.9. The molecule has 4 heteroatoms. The molecule has 3 nitrogen and oxygen atoms in total. The third kappa shape index (κ3) is 1.55. The van der Waals surface area contributed by atoms with Gasteiger partial charge in [-0.05, 0) is 18.6 Å². The lowest BCUT2D eigenvalue weighted by atomic mass is 9.98. The van der Waals surface area contributed by atoms with Crippen molar-refractivity contribution in [2.45, 2.75) is 18.9 Å². The van der Waals surface area contributed by atoms with Gasteiger partial charge in [-0.1, -0.05) is 18.2 Å². The average Bonchev–Trinajstić information content (AvgIpc) is 2.42. The molecule has 0 amide bonds. The molecule has 2 N–H and O–H groups in total. The van der Waals surface area contributed by atoms with Gasteiger partial charge in [-0.2, -0.15) is 0 Å². The van der Waals surface area contributed by atoms with Gasteiger partial charge in [-0.3, -0.25) is 0 Å². The molecule has 76 valence electrons. The largest absolute Gasteiger partial charge is 0.480 e. The summed E-state index contributed by atoms with van der Waals surface area (Å²) < 4.78 is 0. The second kappa shape index (κ2) is 3.50. The molecule has 1 atom stereocenters. The van der Waals surface area contributed by atoms with E-state index in [1.54, 1.807) is 6.92 Å². The summed E-state index contributed by atoms with van der Waals surface area (Å²) >= 11 is 0. The van der Waals surface area contributed by atoms with Gasteiger partial charge in [0.1, 0.15) is 5.54 Å². The summed E-state index contributed by atoms with van der Waals surface area (Å²) in [5.74, 6) is -0.802. The number of carbonyl (C=O) groups is 1. The van der Waals surface area contributed by atoms with Crippen LogP contribution >= 0.6 is 12.4 Å². The smallest absolute Gasteiger partial charge is 0.329 e. The molecule has 0 saturated carbocycles. The third-order valence-corrected chi connectivity index (χ3v) is 2.44. The van der Waals surface area contributed by atoms with Crippen LogP contribution in [0.5, 0.6) is 0 Å². The molecule has 2 rings (SSSR count). The van der Waals surface area contributed by atoms with Gasteiger partial charge in [-0.15, -0.1) is 12.4 Å². The van der Waals surface area contributed by atoms with Gasteiger partial charge < -0.3 is 10.4 Å². The van der Waals surface area contributed by atoms with Gasteiger partial charge >= 0.3 is 5.97 Å². The molecular weight excluding hydrogens is 202 g/mol. The van der Waals surface area contributed by atoms with Crippen LogP contribution in [0.4, 0.5) is 5.69 Å². The first-order valence-corrected chi connectivity index (χ1v) is 4.21. The third-order valence-electron chi connectivity index (χ3n) is 2.44. The van der Waals surface area contributed by atoms with E-state index in [2.05, 4.69) is 5.32 Å². The summed E-state index contributed by atoms with van der Waals surface area (Å²) in [5.41, 5.74) is 1.18. The summed E-state index contributed by atoms with van der Waals surface area (Å²) in [6.45, 7) is 1.70. The zero-order valence-electron chi connectivity index (χ0n) is 7.78. The van der Waals surface area contributed by atoms with Gasteiger partial charge in [0.2, 0.25) is 0 Å². The number of rotatable bonds is 1. The molecule has 0 radical (unpaired) electrons. The predicted octanol–water partition coefficient (Wildman–Crippen LogP) is 1.92. The summed E-state index contributed by atoms with van der Waals surface area (Å²) in [5, 5.41) is 12.0. The van der Waals surface area contributed by atoms with Crippen LogP contribution in [0.1, 0.15) is 12.5 Å². The number of hydrogen-bond donors (Lipinski definition) is 2. The SMILES string of the molecule is CC1(C(=O)O)Cc2ccccc2N1.Cl. The number of hydrogen-bond acceptors (Lipinski definition) is 2. The Morgan fingerprint density at radius 2 is 2.14 bits per heavy atom. The molecule has 1 aromatic rings. The first kappa shape index (κ1) is 10.9. The molecule has 0 aromatic heterocycles. The normalized spacial score (nSPS) is 23.2. The predicted molar refractivity (Wildman–Crippen MR) is 57.1 cm³/mol. The van der Waals surface area contributed by atoms with Crippen molar-refractivity contribution in [1.29, 1.82) is 0 Å². The first-order chi connectivity index (χ1) is 6.12. The molecule has 0 bridgehead atoms. The number of aliphatic carboxylic acids is 1. The molecule has 1 aliphatic heterocycles. The van der Waals surface area contributed by atoms with E-state index in [1.807, 2.05) is 24.3 Å². The molecule has 0 saturated heterocycles. The highest BCUT2D eigenvalue weighted by atomic mass is 35.5. The van der Waals surface area contributed by atoms with Crippen LogP contribution in [0.2, 0.25) is 0 Å². The van der Waals surface area contributed by atoms with Crippen molar-refractivity contribution in [3.8, 4) is 0 Å². The van der Waals surface area contributed by atoms with Crippen LogP contribution in [0.3, 0.4) is 0 Å². The van der Waals surface area contributed by atoms with Gasteiger partial charge in [0.25, 0.3) is 0 Å². The van der Waals surface area contributed by atoms with Crippen LogP contribution in [0.15, 0.2) is 24.3 Å². The van der Waals surface area contributed by atoms with Crippen molar-refractivity contribution in [3.05, 3.63) is 29.8 Å². The van der Waals surface area contributed by atoms with E-state index in [1.165, 1.54) is 0 Å². The molecule has 1 heterocycles. The lowest BCUT2D eigenvalue weighted by Gasteiger charge is -2.18. The Balaban J connectivity index is 0.000000980. The summed E-state index contributed by atoms with van der Waals surface area (Å²) in [7, 11) is 0. The minimum Gasteiger partial charge on any atom is -0.480 e. The van der Waals surface area contributed by atoms with Crippen LogP contribution in [-0.4, -0.2) is 16.6 Å². The standard InChI is InChI=1S/C10H11NO2.ClH/c1-10(9(12)13)6-7-4-2-3-5-8(7)11-10;/h2-5,11H,6H2,1H3,(H,12,13);1H. The number of fused-ring (bicyclic) bond motifs is 1. The van der Waals surface area contributed by atoms with Crippen LogP contribution in [-0.2, 0) is 11.2 Å².